The zero-order chi connectivity index (χ0) is 12.7. The van der Waals surface area contributed by atoms with E-state index in [1.54, 1.807) is 6.26 Å². The molecule has 17 heavy (non-hydrogen) atoms. The van der Waals surface area contributed by atoms with Crippen LogP contribution in [-0.2, 0) is 17.9 Å². The van der Waals surface area contributed by atoms with Gasteiger partial charge in [-0.15, -0.1) is 0 Å². The molecular weight excluding hydrogens is 214 g/mol. The molecule has 0 saturated carbocycles. The van der Waals surface area contributed by atoms with Gasteiger partial charge in [0.25, 0.3) is 0 Å². The first kappa shape index (κ1) is 14.3. The number of furan rings is 1. The smallest absolute Gasteiger partial charge is 0.133 e. The molecule has 1 rings (SSSR count). The molecule has 0 amide bonds. The summed E-state index contributed by atoms with van der Waals surface area (Å²) in [6, 6.07) is 2.01. The summed E-state index contributed by atoms with van der Waals surface area (Å²) in [4.78, 5) is 0. The monoisotopic (exact) mass is 239 g/mol. The summed E-state index contributed by atoms with van der Waals surface area (Å²) in [5.41, 5.74) is 1.53. The standard InChI is InChI=1S/C14H25NO2/c1-5-15-10-12-6-8-17-13(12)11-16-9-7-14(2,3)4/h6,8,15H,5,7,9-11H2,1-4H3. The highest BCUT2D eigenvalue weighted by Crippen LogP contribution is 2.19. The summed E-state index contributed by atoms with van der Waals surface area (Å²) in [7, 11) is 0. The molecule has 0 fully saturated rings. The van der Waals surface area contributed by atoms with E-state index in [9.17, 15) is 0 Å². The summed E-state index contributed by atoms with van der Waals surface area (Å²) in [5.74, 6) is 0.944. The van der Waals surface area contributed by atoms with Gasteiger partial charge in [0, 0.05) is 18.7 Å². The number of hydrogen-bond acceptors (Lipinski definition) is 3. The Kier molecular flexibility index (Phi) is 5.72. The molecule has 0 saturated heterocycles. The molecule has 1 N–H and O–H groups in total. The molecule has 98 valence electrons. The van der Waals surface area contributed by atoms with Gasteiger partial charge in [-0.05, 0) is 24.4 Å². The SMILES string of the molecule is CCNCc1ccoc1COCCC(C)(C)C. The van der Waals surface area contributed by atoms with Crippen LogP contribution in [0.5, 0.6) is 0 Å². The van der Waals surface area contributed by atoms with Gasteiger partial charge in [0.2, 0.25) is 0 Å². The minimum Gasteiger partial charge on any atom is -0.467 e. The Morgan fingerprint density at radius 1 is 1.35 bits per heavy atom. The van der Waals surface area contributed by atoms with Crippen LogP contribution in [-0.4, -0.2) is 13.2 Å². The van der Waals surface area contributed by atoms with E-state index in [0.717, 1.165) is 31.9 Å². The first-order valence-corrected chi connectivity index (χ1v) is 6.36. The summed E-state index contributed by atoms with van der Waals surface area (Å²) in [6.45, 7) is 11.9. The maximum atomic E-state index is 5.65. The van der Waals surface area contributed by atoms with Gasteiger partial charge in [-0.1, -0.05) is 27.7 Å². The summed E-state index contributed by atoms with van der Waals surface area (Å²) >= 11 is 0. The van der Waals surface area contributed by atoms with Gasteiger partial charge in [-0.3, -0.25) is 0 Å². The van der Waals surface area contributed by atoms with E-state index in [1.165, 1.54) is 5.56 Å². The fourth-order valence-corrected chi connectivity index (χ4v) is 1.45. The van der Waals surface area contributed by atoms with Crippen molar-refractivity contribution >= 4 is 0 Å². The third kappa shape index (κ3) is 5.89. The van der Waals surface area contributed by atoms with Crippen molar-refractivity contribution in [2.75, 3.05) is 13.2 Å². The van der Waals surface area contributed by atoms with Crippen LogP contribution in [0.25, 0.3) is 0 Å². The fraction of sp³-hybridized carbons (Fsp3) is 0.714. The molecule has 0 spiro atoms. The van der Waals surface area contributed by atoms with E-state index in [2.05, 4.69) is 33.0 Å². The maximum absolute atomic E-state index is 5.65. The van der Waals surface area contributed by atoms with Gasteiger partial charge in [0.15, 0.2) is 0 Å². The van der Waals surface area contributed by atoms with Crippen LogP contribution in [0.1, 0.15) is 45.4 Å². The van der Waals surface area contributed by atoms with Crippen molar-refractivity contribution in [3.05, 3.63) is 23.7 Å². The van der Waals surface area contributed by atoms with Gasteiger partial charge < -0.3 is 14.5 Å². The first-order valence-electron chi connectivity index (χ1n) is 6.36. The van der Waals surface area contributed by atoms with Crippen LogP contribution < -0.4 is 5.32 Å². The van der Waals surface area contributed by atoms with Crippen LogP contribution in [0.4, 0.5) is 0 Å². The molecular formula is C14H25NO2. The Labute approximate surface area is 105 Å². The second-order valence-electron chi connectivity index (χ2n) is 5.51. The molecule has 0 unspecified atom stereocenters. The van der Waals surface area contributed by atoms with Crippen LogP contribution in [0, 0.1) is 5.41 Å². The van der Waals surface area contributed by atoms with Crippen molar-refractivity contribution < 1.29 is 9.15 Å². The Morgan fingerprint density at radius 2 is 2.12 bits per heavy atom. The summed E-state index contributed by atoms with van der Waals surface area (Å²) in [6.07, 6.45) is 2.80. The van der Waals surface area contributed by atoms with Crippen molar-refractivity contribution in [1.82, 2.24) is 5.32 Å². The van der Waals surface area contributed by atoms with Crippen molar-refractivity contribution in [2.24, 2.45) is 5.41 Å². The van der Waals surface area contributed by atoms with E-state index < -0.39 is 0 Å². The van der Waals surface area contributed by atoms with Crippen LogP contribution in [0.15, 0.2) is 16.7 Å². The average Bonchev–Trinajstić information content (AvgIpc) is 2.67. The third-order valence-corrected chi connectivity index (χ3v) is 2.63. The van der Waals surface area contributed by atoms with Crippen LogP contribution in [0.2, 0.25) is 0 Å². The lowest BCUT2D eigenvalue weighted by atomic mass is 9.93. The highest BCUT2D eigenvalue weighted by molar-refractivity contribution is 5.15. The third-order valence-electron chi connectivity index (χ3n) is 2.63. The lowest BCUT2D eigenvalue weighted by Crippen LogP contribution is -2.13. The normalized spacial score (nSPS) is 12.0. The molecule has 3 nitrogen and oxygen atoms in total. The van der Waals surface area contributed by atoms with Crippen LogP contribution in [0.3, 0.4) is 0 Å². The number of hydrogen-bond donors (Lipinski definition) is 1. The van der Waals surface area contributed by atoms with E-state index in [-0.39, 0.29) is 0 Å². The van der Waals surface area contributed by atoms with Crippen molar-refractivity contribution in [3.63, 3.8) is 0 Å². The average molecular weight is 239 g/mol. The van der Waals surface area contributed by atoms with E-state index in [1.807, 2.05) is 6.07 Å². The minimum absolute atomic E-state index is 0.329. The molecule has 0 aromatic carbocycles. The Hall–Kier alpha value is -0.800. The molecule has 0 atom stereocenters. The fourth-order valence-electron chi connectivity index (χ4n) is 1.45. The van der Waals surface area contributed by atoms with Crippen molar-refractivity contribution in [1.29, 1.82) is 0 Å². The zero-order valence-corrected chi connectivity index (χ0v) is 11.5. The maximum Gasteiger partial charge on any atom is 0.133 e. The lowest BCUT2D eigenvalue weighted by Gasteiger charge is -2.17. The van der Waals surface area contributed by atoms with E-state index in [0.29, 0.717) is 12.0 Å². The summed E-state index contributed by atoms with van der Waals surface area (Å²) in [5, 5.41) is 3.29. The number of ether oxygens (including phenoxy) is 1. The highest BCUT2D eigenvalue weighted by Gasteiger charge is 2.10. The Bertz CT molecular complexity index is 312. The number of nitrogens with one attached hydrogen (secondary N) is 1. The van der Waals surface area contributed by atoms with Gasteiger partial charge in [0.05, 0.1) is 6.26 Å². The molecule has 1 aromatic rings. The molecule has 1 aromatic heterocycles. The molecule has 3 heteroatoms. The van der Waals surface area contributed by atoms with Gasteiger partial charge in [-0.2, -0.15) is 0 Å². The molecule has 0 radical (unpaired) electrons. The minimum atomic E-state index is 0.329. The second-order valence-corrected chi connectivity index (χ2v) is 5.51. The topological polar surface area (TPSA) is 34.4 Å². The highest BCUT2D eigenvalue weighted by atomic mass is 16.5. The second kappa shape index (κ2) is 6.82. The van der Waals surface area contributed by atoms with Gasteiger partial charge >= 0.3 is 0 Å². The lowest BCUT2D eigenvalue weighted by molar-refractivity contribution is 0.0837. The van der Waals surface area contributed by atoms with Gasteiger partial charge in [0.1, 0.15) is 12.4 Å². The van der Waals surface area contributed by atoms with E-state index in [4.69, 9.17) is 9.15 Å². The van der Waals surface area contributed by atoms with Crippen LogP contribution >= 0.6 is 0 Å². The molecule has 0 aliphatic rings. The van der Waals surface area contributed by atoms with Gasteiger partial charge in [-0.25, -0.2) is 0 Å². The molecule has 1 heterocycles. The molecule has 0 bridgehead atoms. The van der Waals surface area contributed by atoms with E-state index >= 15 is 0 Å². The largest absolute Gasteiger partial charge is 0.467 e. The zero-order valence-electron chi connectivity index (χ0n) is 11.5. The molecule has 0 aliphatic carbocycles. The Morgan fingerprint density at radius 3 is 2.76 bits per heavy atom. The predicted octanol–water partition coefficient (Wildman–Crippen LogP) is 3.34. The number of rotatable bonds is 7. The first-order chi connectivity index (χ1) is 8.03. The summed E-state index contributed by atoms with van der Waals surface area (Å²) < 4.78 is 11.1. The van der Waals surface area contributed by atoms with Crippen molar-refractivity contribution in [2.45, 2.75) is 47.3 Å². The Balaban J connectivity index is 2.29. The predicted molar refractivity (Wildman–Crippen MR) is 69.8 cm³/mol. The quantitative estimate of drug-likeness (QED) is 0.741. The van der Waals surface area contributed by atoms with Crippen molar-refractivity contribution in [3.8, 4) is 0 Å². The molecule has 0 aliphatic heterocycles.